The maximum atomic E-state index is 4.05. The number of anilines is 1. The number of rotatable bonds is 4. The Labute approximate surface area is 112 Å². The van der Waals surface area contributed by atoms with Crippen molar-refractivity contribution in [2.45, 2.75) is 12.8 Å². The molecule has 1 unspecified atom stereocenters. The highest BCUT2D eigenvalue weighted by atomic mass is 15.6. The molecule has 1 fully saturated rings. The monoisotopic (exact) mass is 258 g/mol. The quantitative estimate of drug-likeness (QED) is 0.858. The molecule has 2 aromatic rings. The normalized spacial score (nSPS) is 19.3. The van der Waals surface area contributed by atoms with E-state index in [1.165, 1.54) is 12.8 Å². The second-order valence-electron chi connectivity index (χ2n) is 4.84. The molecule has 1 aromatic carbocycles. The summed E-state index contributed by atoms with van der Waals surface area (Å²) in [4.78, 5) is 0. The van der Waals surface area contributed by atoms with Crippen LogP contribution in [0.25, 0.3) is 5.69 Å². The summed E-state index contributed by atoms with van der Waals surface area (Å²) in [6.07, 6.45) is 2.50. The average molecular weight is 258 g/mol. The largest absolute Gasteiger partial charge is 0.352 e. The number of hydrogen-bond donors (Lipinski definition) is 2. The zero-order valence-electron chi connectivity index (χ0n) is 10.8. The minimum Gasteiger partial charge on any atom is -0.352 e. The first kappa shape index (κ1) is 12.1. The lowest BCUT2D eigenvalue weighted by Crippen LogP contribution is -2.33. The van der Waals surface area contributed by atoms with Crippen molar-refractivity contribution in [3.05, 3.63) is 30.3 Å². The Bertz CT molecular complexity index is 503. The SMILES string of the molecule is c1ccc(-n2nnnc2NCC2CCCNC2)cc1. The zero-order valence-corrected chi connectivity index (χ0v) is 10.8. The standard InChI is InChI=1S/C13H18N6/c1-2-6-12(7-3-1)19-13(16-17-18-19)15-10-11-5-4-8-14-9-11/h1-3,6-7,11,14H,4-5,8-10H2,(H,15,16,18). The van der Waals surface area contributed by atoms with Gasteiger partial charge in [0.2, 0.25) is 5.95 Å². The molecule has 0 spiro atoms. The predicted molar refractivity (Wildman–Crippen MR) is 73.2 cm³/mol. The fraction of sp³-hybridized carbons (Fsp3) is 0.462. The average Bonchev–Trinajstić information content (AvgIpc) is 2.95. The van der Waals surface area contributed by atoms with E-state index in [0.29, 0.717) is 11.9 Å². The van der Waals surface area contributed by atoms with E-state index in [1.807, 2.05) is 30.3 Å². The van der Waals surface area contributed by atoms with Gasteiger partial charge in [-0.1, -0.05) is 23.3 Å². The third-order valence-corrected chi connectivity index (χ3v) is 3.42. The summed E-state index contributed by atoms with van der Waals surface area (Å²) >= 11 is 0. The van der Waals surface area contributed by atoms with Gasteiger partial charge < -0.3 is 10.6 Å². The summed E-state index contributed by atoms with van der Waals surface area (Å²) in [6, 6.07) is 9.92. The highest BCUT2D eigenvalue weighted by Crippen LogP contribution is 2.13. The fourth-order valence-corrected chi connectivity index (χ4v) is 2.37. The van der Waals surface area contributed by atoms with Gasteiger partial charge in [-0.05, 0) is 54.4 Å². The molecular weight excluding hydrogens is 240 g/mol. The number of nitrogens with one attached hydrogen (secondary N) is 2. The van der Waals surface area contributed by atoms with Crippen LogP contribution in [0.15, 0.2) is 30.3 Å². The minimum absolute atomic E-state index is 0.648. The van der Waals surface area contributed by atoms with Gasteiger partial charge in [0.25, 0.3) is 0 Å². The summed E-state index contributed by atoms with van der Waals surface area (Å²) in [6.45, 7) is 3.11. The molecule has 19 heavy (non-hydrogen) atoms. The Morgan fingerprint density at radius 2 is 2.21 bits per heavy atom. The molecule has 6 heteroatoms. The molecule has 1 atom stereocenters. The van der Waals surface area contributed by atoms with Crippen molar-refractivity contribution in [1.82, 2.24) is 25.5 Å². The van der Waals surface area contributed by atoms with Crippen molar-refractivity contribution in [2.24, 2.45) is 5.92 Å². The molecule has 6 nitrogen and oxygen atoms in total. The summed E-state index contributed by atoms with van der Waals surface area (Å²) in [5.74, 6) is 1.35. The third-order valence-electron chi connectivity index (χ3n) is 3.42. The summed E-state index contributed by atoms with van der Waals surface area (Å²) in [5.41, 5.74) is 0.969. The van der Waals surface area contributed by atoms with E-state index in [1.54, 1.807) is 4.68 Å². The lowest BCUT2D eigenvalue weighted by Gasteiger charge is -2.22. The van der Waals surface area contributed by atoms with Gasteiger partial charge in [-0.15, -0.1) is 0 Å². The van der Waals surface area contributed by atoms with Crippen LogP contribution in [0.3, 0.4) is 0 Å². The smallest absolute Gasteiger partial charge is 0.247 e. The minimum atomic E-state index is 0.648. The number of benzene rings is 1. The van der Waals surface area contributed by atoms with E-state index < -0.39 is 0 Å². The van der Waals surface area contributed by atoms with E-state index in [-0.39, 0.29) is 0 Å². The van der Waals surface area contributed by atoms with E-state index in [0.717, 1.165) is 25.3 Å². The van der Waals surface area contributed by atoms with Gasteiger partial charge in [-0.25, -0.2) is 0 Å². The summed E-state index contributed by atoms with van der Waals surface area (Å²) < 4.78 is 1.73. The van der Waals surface area contributed by atoms with Crippen LogP contribution in [-0.2, 0) is 0 Å². The van der Waals surface area contributed by atoms with Gasteiger partial charge in [0.1, 0.15) is 0 Å². The van der Waals surface area contributed by atoms with Crippen LogP contribution in [0, 0.1) is 5.92 Å². The van der Waals surface area contributed by atoms with Gasteiger partial charge in [0, 0.05) is 6.54 Å². The van der Waals surface area contributed by atoms with Crippen molar-refractivity contribution in [2.75, 3.05) is 25.0 Å². The van der Waals surface area contributed by atoms with Crippen molar-refractivity contribution < 1.29 is 0 Å². The number of piperidine rings is 1. The molecule has 1 aliphatic rings. The van der Waals surface area contributed by atoms with Crippen LogP contribution >= 0.6 is 0 Å². The summed E-state index contributed by atoms with van der Waals surface area (Å²) in [5, 5.41) is 18.6. The molecular formula is C13H18N6. The Kier molecular flexibility index (Phi) is 3.69. The number of nitrogens with zero attached hydrogens (tertiary/aromatic N) is 4. The number of aromatic nitrogens is 4. The Balaban J connectivity index is 1.67. The highest BCUT2D eigenvalue weighted by Gasteiger charge is 2.14. The van der Waals surface area contributed by atoms with Crippen LogP contribution in [0.2, 0.25) is 0 Å². The van der Waals surface area contributed by atoms with Crippen molar-refractivity contribution >= 4 is 5.95 Å². The fourth-order valence-electron chi connectivity index (χ4n) is 2.37. The van der Waals surface area contributed by atoms with Crippen molar-refractivity contribution in [3.8, 4) is 5.69 Å². The topological polar surface area (TPSA) is 67.7 Å². The molecule has 1 saturated heterocycles. The first-order chi connectivity index (χ1) is 9.43. The van der Waals surface area contributed by atoms with Gasteiger partial charge >= 0.3 is 0 Å². The van der Waals surface area contributed by atoms with E-state index in [9.17, 15) is 0 Å². The second kappa shape index (κ2) is 5.79. The molecule has 0 saturated carbocycles. The lowest BCUT2D eigenvalue weighted by atomic mass is 10.00. The van der Waals surface area contributed by atoms with Crippen LogP contribution in [0.1, 0.15) is 12.8 Å². The van der Waals surface area contributed by atoms with Crippen LogP contribution in [0.4, 0.5) is 5.95 Å². The highest BCUT2D eigenvalue weighted by molar-refractivity contribution is 5.38. The van der Waals surface area contributed by atoms with Crippen molar-refractivity contribution in [3.63, 3.8) is 0 Å². The molecule has 0 amide bonds. The maximum Gasteiger partial charge on any atom is 0.247 e. The van der Waals surface area contributed by atoms with E-state index in [4.69, 9.17) is 0 Å². The Hall–Kier alpha value is -1.95. The second-order valence-corrected chi connectivity index (χ2v) is 4.84. The molecule has 3 rings (SSSR count). The van der Waals surface area contributed by atoms with Gasteiger partial charge in [0.05, 0.1) is 5.69 Å². The lowest BCUT2D eigenvalue weighted by molar-refractivity contribution is 0.392. The molecule has 0 radical (unpaired) electrons. The molecule has 2 heterocycles. The Morgan fingerprint density at radius 3 is 3.00 bits per heavy atom. The summed E-state index contributed by atoms with van der Waals surface area (Å²) in [7, 11) is 0. The predicted octanol–water partition coefficient (Wildman–Crippen LogP) is 1.07. The molecule has 1 aromatic heterocycles. The van der Waals surface area contributed by atoms with Gasteiger partial charge in [-0.2, -0.15) is 4.68 Å². The number of para-hydroxylation sites is 1. The first-order valence-corrected chi connectivity index (χ1v) is 6.72. The van der Waals surface area contributed by atoms with Crippen LogP contribution in [-0.4, -0.2) is 39.8 Å². The number of tetrazole rings is 1. The van der Waals surface area contributed by atoms with E-state index >= 15 is 0 Å². The molecule has 0 aliphatic carbocycles. The van der Waals surface area contributed by atoms with Crippen LogP contribution in [0.5, 0.6) is 0 Å². The third kappa shape index (κ3) is 2.90. The maximum absolute atomic E-state index is 4.05. The van der Waals surface area contributed by atoms with E-state index in [2.05, 4.69) is 26.2 Å². The molecule has 2 N–H and O–H groups in total. The Morgan fingerprint density at radius 1 is 1.32 bits per heavy atom. The van der Waals surface area contributed by atoms with Crippen molar-refractivity contribution in [1.29, 1.82) is 0 Å². The van der Waals surface area contributed by atoms with Crippen LogP contribution < -0.4 is 10.6 Å². The van der Waals surface area contributed by atoms with Gasteiger partial charge in [-0.3, -0.25) is 0 Å². The zero-order chi connectivity index (χ0) is 12.9. The first-order valence-electron chi connectivity index (χ1n) is 6.72. The molecule has 0 bridgehead atoms. The molecule has 100 valence electrons. The van der Waals surface area contributed by atoms with Gasteiger partial charge in [0.15, 0.2) is 0 Å². The molecule has 1 aliphatic heterocycles. The number of hydrogen-bond acceptors (Lipinski definition) is 5.